The van der Waals surface area contributed by atoms with Crippen LogP contribution < -0.4 is 20.1 Å². The van der Waals surface area contributed by atoms with Crippen molar-refractivity contribution in [2.75, 3.05) is 13.1 Å². The second-order valence-corrected chi connectivity index (χ2v) is 10.6. The summed E-state index contributed by atoms with van der Waals surface area (Å²) in [6.45, 7) is 1.44. The average molecular weight is 526 g/mol. The van der Waals surface area contributed by atoms with Crippen molar-refractivity contribution in [2.45, 2.75) is 30.0 Å². The van der Waals surface area contributed by atoms with Crippen LogP contribution in [0.3, 0.4) is 0 Å². The fourth-order valence-corrected chi connectivity index (χ4v) is 5.92. The number of urea groups is 1. The smallest absolute Gasteiger partial charge is 0.407 e. The van der Waals surface area contributed by atoms with Crippen LogP contribution in [0.1, 0.15) is 11.3 Å². The van der Waals surface area contributed by atoms with Crippen LogP contribution in [-0.2, 0) is 21.4 Å². The molecule has 0 radical (unpaired) electrons. The van der Waals surface area contributed by atoms with Gasteiger partial charge in [-0.05, 0) is 43.3 Å². The molecule has 4 amide bonds. The minimum Gasteiger partial charge on any atom is -0.489 e. The molecule has 2 aliphatic heterocycles. The molecule has 192 valence electrons. The average Bonchev–Trinajstić information content (AvgIpc) is 3.35. The van der Waals surface area contributed by atoms with E-state index >= 15 is 0 Å². The number of nitrogens with zero attached hydrogens (tertiary/aromatic N) is 2. The number of para-hydroxylation sites is 1. The molecule has 2 unspecified atom stereocenters. The molecule has 13 heteroatoms. The van der Waals surface area contributed by atoms with E-state index in [0.29, 0.717) is 5.75 Å². The molecule has 2 aromatic carbocycles. The van der Waals surface area contributed by atoms with Crippen LogP contribution >= 0.6 is 0 Å². The lowest BCUT2D eigenvalue weighted by atomic mass is 9.94. The highest BCUT2D eigenvalue weighted by Crippen LogP contribution is 2.28. The Kier molecular flexibility index (Phi) is 5.96. The number of rotatable bonds is 6. The van der Waals surface area contributed by atoms with E-state index in [1.807, 2.05) is 37.3 Å². The maximum atomic E-state index is 13.1. The number of hydrogen-bond donors (Lipinski definition) is 4. The third kappa shape index (κ3) is 4.54. The quantitative estimate of drug-likeness (QED) is 0.350. The van der Waals surface area contributed by atoms with Gasteiger partial charge < -0.3 is 20.1 Å². The number of aryl methyl sites for hydroxylation is 1. The summed E-state index contributed by atoms with van der Waals surface area (Å²) in [4.78, 5) is 41.0. The Hall–Kier alpha value is -4.23. The molecule has 3 aromatic rings. The first kappa shape index (κ1) is 24.5. The van der Waals surface area contributed by atoms with Crippen LogP contribution in [-0.4, -0.2) is 66.1 Å². The Labute approximate surface area is 211 Å². The van der Waals surface area contributed by atoms with Crippen LogP contribution in [0.5, 0.6) is 5.75 Å². The predicted molar refractivity (Wildman–Crippen MR) is 130 cm³/mol. The van der Waals surface area contributed by atoms with Crippen LogP contribution in [0.4, 0.5) is 9.59 Å². The number of carbonyl (C=O) groups is 3. The minimum absolute atomic E-state index is 0.112. The third-order valence-electron chi connectivity index (χ3n) is 6.43. The summed E-state index contributed by atoms with van der Waals surface area (Å²) in [6, 6.07) is 13.3. The number of amides is 4. The van der Waals surface area contributed by atoms with Gasteiger partial charge in [-0.1, -0.05) is 18.2 Å². The van der Waals surface area contributed by atoms with Gasteiger partial charge in [0.05, 0.1) is 23.0 Å². The molecule has 3 heterocycles. The molecule has 2 atom stereocenters. The van der Waals surface area contributed by atoms with Crippen LogP contribution in [0.25, 0.3) is 10.9 Å². The Morgan fingerprint density at radius 3 is 2.62 bits per heavy atom. The molecule has 0 bridgehead atoms. The van der Waals surface area contributed by atoms with E-state index in [9.17, 15) is 27.9 Å². The van der Waals surface area contributed by atoms with Crippen molar-refractivity contribution >= 4 is 39.0 Å². The standard InChI is InChI=1S/C24H23N5O7S/c1-14-10-15(18-4-2-3-5-19(18)25-14)12-36-16-6-8-17(9-7-16)37(34,35)28-20-11-29(23(32)33)13-24(20)21(30)26-22(31)27-24/h2-10,20,28H,11-13H2,1H3,(H,32,33)(H2,26,27,30,31). The normalized spacial score (nSPS) is 21.3. The molecule has 0 aliphatic carbocycles. The van der Waals surface area contributed by atoms with Gasteiger partial charge in [-0.15, -0.1) is 0 Å². The lowest BCUT2D eigenvalue weighted by molar-refractivity contribution is -0.123. The van der Waals surface area contributed by atoms with E-state index in [0.717, 1.165) is 27.1 Å². The molecule has 5 rings (SSSR count). The Morgan fingerprint density at radius 1 is 1.22 bits per heavy atom. The molecule has 0 saturated carbocycles. The van der Waals surface area contributed by atoms with Crippen molar-refractivity contribution in [1.29, 1.82) is 0 Å². The van der Waals surface area contributed by atoms with E-state index in [1.165, 1.54) is 24.3 Å². The molecule has 4 N–H and O–H groups in total. The molecular formula is C24H23N5O7S. The number of benzene rings is 2. The fourth-order valence-electron chi connectivity index (χ4n) is 4.64. The first-order valence-corrected chi connectivity index (χ1v) is 12.8. The first-order valence-electron chi connectivity index (χ1n) is 11.3. The largest absolute Gasteiger partial charge is 0.489 e. The number of likely N-dealkylation sites (tertiary alicyclic amines) is 1. The number of fused-ring (bicyclic) bond motifs is 1. The molecular weight excluding hydrogens is 502 g/mol. The highest BCUT2D eigenvalue weighted by molar-refractivity contribution is 7.89. The van der Waals surface area contributed by atoms with E-state index in [1.54, 1.807) is 0 Å². The lowest BCUT2D eigenvalue weighted by Gasteiger charge is -2.26. The molecule has 2 aliphatic rings. The predicted octanol–water partition coefficient (Wildman–Crippen LogP) is 1.34. The Morgan fingerprint density at radius 2 is 1.95 bits per heavy atom. The number of nitrogens with one attached hydrogen (secondary N) is 3. The highest BCUT2D eigenvalue weighted by Gasteiger charge is 2.59. The van der Waals surface area contributed by atoms with Crippen molar-refractivity contribution in [1.82, 2.24) is 25.2 Å². The van der Waals surface area contributed by atoms with E-state index < -0.39 is 39.6 Å². The number of imide groups is 1. The van der Waals surface area contributed by atoms with Gasteiger partial charge in [0.15, 0.2) is 5.54 Å². The number of hydrogen-bond acceptors (Lipinski definition) is 7. The summed E-state index contributed by atoms with van der Waals surface area (Å²) < 4.78 is 34.5. The summed E-state index contributed by atoms with van der Waals surface area (Å²) in [7, 11) is -4.18. The first-order chi connectivity index (χ1) is 17.6. The van der Waals surface area contributed by atoms with Crippen LogP contribution in [0.15, 0.2) is 59.5 Å². The fraction of sp³-hybridized carbons (Fsp3) is 0.250. The highest BCUT2D eigenvalue weighted by atomic mass is 32.2. The van der Waals surface area contributed by atoms with Gasteiger partial charge in [0, 0.05) is 23.2 Å². The Balaban J connectivity index is 1.32. The zero-order valence-corrected chi connectivity index (χ0v) is 20.4. The number of aromatic nitrogens is 1. The number of sulfonamides is 1. The zero-order valence-electron chi connectivity index (χ0n) is 19.6. The summed E-state index contributed by atoms with van der Waals surface area (Å²) in [5, 5.41) is 14.8. The van der Waals surface area contributed by atoms with Crippen LogP contribution in [0, 0.1) is 6.92 Å². The molecule has 1 aromatic heterocycles. The number of carbonyl (C=O) groups excluding carboxylic acids is 2. The summed E-state index contributed by atoms with van der Waals surface area (Å²) in [6.07, 6.45) is -1.34. The SMILES string of the molecule is Cc1cc(COc2ccc(S(=O)(=O)NC3CN(C(=O)O)CC34NC(=O)NC4=O)cc2)c2ccccc2n1. The summed E-state index contributed by atoms with van der Waals surface area (Å²) in [5.74, 6) is -0.356. The maximum absolute atomic E-state index is 13.1. The monoisotopic (exact) mass is 525 g/mol. The molecule has 2 fully saturated rings. The number of ether oxygens (including phenoxy) is 1. The second kappa shape index (κ2) is 9.01. The van der Waals surface area contributed by atoms with E-state index in [-0.39, 0.29) is 24.6 Å². The number of pyridine rings is 1. The van der Waals surface area contributed by atoms with Gasteiger partial charge in [0.25, 0.3) is 5.91 Å². The lowest BCUT2D eigenvalue weighted by Crippen LogP contribution is -2.62. The van der Waals surface area contributed by atoms with Crippen LogP contribution in [0.2, 0.25) is 0 Å². The summed E-state index contributed by atoms with van der Waals surface area (Å²) >= 11 is 0. The van der Waals surface area contributed by atoms with Gasteiger partial charge >= 0.3 is 12.1 Å². The van der Waals surface area contributed by atoms with Gasteiger partial charge in [-0.2, -0.15) is 0 Å². The van der Waals surface area contributed by atoms with E-state index in [2.05, 4.69) is 20.3 Å². The number of carboxylic acid groups (broad SMARTS) is 1. The van der Waals surface area contributed by atoms with Crippen molar-refractivity contribution in [3.8, 4) is 5.75 Å². The molecule has 2 saturated heterocycles. The summed E-state index contributed by atoms with van der Waals surface area (Å²) in [5.41, 5.74) is 0.902. The van der Waals surface area contributed by atoms with E-state index in [4.69, 9.17) is 4.74 Å². The molecule has 37 heavy (non-hydrogen) atoms. The zero-order chi connectivity index (χ0) is 26.4. The second-order valence-electron chi connectivity index (χ2n) is 8.92. The van der Waals surface area contributed by atoms with Gasteiger partial charge in [0.1, 0.15) is 12.4 Å². The van der Waals surface area contributed by atoms with Crippen molar-refractivity contribution in [3.63, 3.8) is 0 Å². The van der Waals surface area contributed by atoms with Gasteiger partial charge in [0.2, 0.25) is 10.0 Å². The molecule has 12 nitrogen and oxygen atoms in total. The molecule has 1 spiro atoms. The maximum Gasteiger partial charge on any atom is 0.407 e. The topological polar surface area (TPSA) is 167 Å². The van der Waals surface area contributed by atoms with Gasteiger partial charge in [-0.3, -0.25) is 15.1 Å². The van der Waals surface area contributed by atoms with Crippen molar-refractivity contribution in [2.24, 2.45) is 0 Å². The Bertz CT molecular complexity index is 1530. The third-order valence-corrected chi connectivity index (χ3v) is 7.92. The van der Waals surface area contributed by atoms with Crippen molar-refractivity contribution in [3.05, 3.63) is 65.9 Å². The van der Waals surface area contributed by atoms with Crippen molar-refractivity contribution < 1.29 is 32.6 Å². The van der Waals surface area contributed by atoms with Gasteiger partial charge in [-0.25, -0.2) is 22.7 Å². The minimum atomic E-state index is -4.18.